The van der Waals surface area contributed by atoms with Crippen molar-refractivity contribution in [2.24, 2.45) is 4.40 Å². The van der Waals surface area contributed by atoms with Gasteiger partial charge in [0.05, 0.1) is 6.21 Å². The van der Waals surface area contributed by atoms with Crippen molar-refractivity contribution in [2.75, 3.05) is 6.26 Å². The normalized spacial score (nSPS) is 14.2. The Bertz CT molecular complexity index is 415. The molecule has 2 nitrogen and oxygen atoms in total. The number of halogens is 1. The van der Waals surface area contributed by atoms with Gasteiger partial charge in [-0.2, -0.15) is 0 Å². The van der Waals surface area contributed by atoms with E-state index >= 15 is 0 Å². The molecule has 1 unspecified atom stereocenters. The van der Waals surface area contributed by atoms with Crippen LogP contribution >= 0.6 is 11.8 Å². The maximum absolute atomic E-state index is 13.2. The van der Waals surface area contributed by atoms with E-state index in [0.29, 0.717) is 5.56 Å². The molecule has 0 bridgehead atoms. The molecule has 94 valence electrons. The van der Waals surface area contributed by atoms with Gasteiger partial charge in [0.25, 0.3) is 0 Å². The lowest BCUT2D eigenvalue weighted by Gasteiger charge is -2.17. The summed E-state index contributed by atoms with van der Waals surface area (Å²) >= 11 is 0.147. The summed E-state index contributed by atoms with van der Waals surface area (Å²) in [6.45, 7) is 5.54. The Hall–Kier alpha value is -0.520. The fourth-order valence-corrected chi connectivity index (χ4v) is 2.06. The number of benzene rings is 1. The number of thioether (sulfide) groups is 1. The first-order valence-corrected chi connectivity index (χ1v) is 7.47. The fourth-order valence-electron chi connectivity index (χ4n) is 1.04. The van der Waals surface area contributed by atoms with E-state index < -0.39 is 16.1 Å². The van der Waals surface area contributed by atoms with E-state index in [2.05, 4.69) is 4.40 Å². The Morgan fingerprint density at radius 1 is 1.35 bits per heavy atom. The lowest BCUT2D eigenvalue weighted by Crippen LogP contribution is -2.25. The molecule has 0 aromatic heterocycles. The van der Waals surface area contributed by atoms with Crippen LogP contribution in [0.5, 0.6) is 0 Å². The van der Waals surface area contributed by atoms with Gasteiger partial charge < -0.3 is 4.55 Å². The van der Waals surface area contributed by atoms with Crippen LogP contribution in [0.1, 0.15) is 26.3 Å². The highest BCUT2D eigenvalue weighted by atomic mass is 32.2. The molecular formula is C12H16FNOS2. The third-order valence-electron chi connectivity index (χ3n) is 1.95. The van der Waals surface area contributed by atoms with E-state index in [-0.39, 0.29) is 5.82 Å². The molecule has 5 heteroatoms. The second kappa shape index (κ2) is 5.89. The first-order chi connectivity index (χ1) is 7.82. The van der Waals surface area contributed by atoms with Crippen LogP contribution < -0.4 is 0 Å². The van der Waals surface area contributed by atoms with Crippen molar-refractivity contribution in [3.63, 3.8) is 0 Å². The summed E-state index contributed by atoms with van der Waals surface area (Å²) in [7, 11) is 0. The van der Waals surface area contributed by atoms with E-state index in [1.165, 1.54) is 30.1 Å². The van der Waals surface area contributed by atoms with Crippen LogP contribution in [0.3, 0.4) is 0 Å². The average Bonchev–Trinajstić information content (AvgIpc) is 2.23. The SMILES string of the molecule is CSc1cc(F)cc(C=N[S+]([O-])C(C)(C)C)c1. The average molecular weight is 273 g/mol. The van der Waals surface area contributed by atoms with Gasteiger partial charge >= 0.3 is 0 Å². The van der Waals surface area contributed by atoms with Crippen LogP contribution in [0.4, 0.5) is 4.39 Å². The molecule has 0 spiro atoms. The van der Waals surface area contributed by atoms with Crippen LogP contribution in [0, 0.1) is 5.82 Å². The molecule has 0 aliphatic heterocycles. The standard InChI is InChI=1S/C12H16FNOS2/c1-12(2,3)17(15)14-8-9-5-10(13)7-11(6-9)16-4/h5-8H,1-4H3. The molecule has 1 atom stereocenters. The lowest BCUT2D eigenvalue weighted by molar-refractivity contribution is 0.562. The van der Waals surface area contributed by atoms with E-state index in [1.807, 2.05) is 33.1 Å². The van der Waals surface area contributed by atoms with Crippen molar-refractivity contribution in [2.45, 2.75) is 30.4 Å². The van der Waals surface area contributed by atoms with Crippen LogP contribution in [-0.2, 0) is 11.4 Å². The van der Waals surface area contributed by atoms with Crippen LogP contribution in [-0.4, -0.2) is 21.8 Å². The Morgan fingerprint density at radius 2 is 2.00 bits per heavy atom. The molecule has 0 saturated carbocycles. The second-order valence-electron chi connectivity index (χ2n) is 4.52. The Morgan fingerprint density at radius 3 is 2.53 bits per heavy atom. The number of hydrogen-bond donors (Lipinski definition) is 0. The molecule has 1 rings (SSSR count). The summed E-state index contributed by atoms with van der Waals surface area (Å²) in [5.41, 5.74) is 0.631. The highest BCUT2D eigenvalue weighted by Gasteiger charge is 2.25. The molecule has 0 aliphatic carbocycles. The lowest BCUT2D eigenvalue weighted by atomic mass is 10.2. The molecule has 0 heterocycles. The van der Waals surface area contributed by atoms with Gasteiger partial charge in [-0.15, -0.1) is 11.8 Å². The van der Waals surface area contributed by atoms with E-state index in [1.54, 1.807) is 0 Å². The molecule has 0 saturated heterocycles. The monoisotopic (exact) mass is 273 g/mol. The third-order valence-corrected chi connectivity index (χ3v) is 4.00. The van der Waals surface area contributed by atoms with E-state index in [9.17, 15) is 8.94 Å². The maximum atomic E-state index is 13.2. The molecule has 0 N–H and O–H groups in total. The van der Waals surface area contributed by atoms with Crippen LogP contribution in [0.15, 0.2) is 27.5 Å². The molecule has 1 aromatic carbocycles. The summed E-state index contributed by atoms with van der Waals surface area (Å²) in [5.74, 6) is -0.306. The Balaban J connectivity index is 2.88. The molecule has 0 aliphatic rings. The largest absolute Gasteiger partial charge is 0.591 e. The van der Waals surface area contributed by atoms with Crippen LogP contribution in [0.2, 0.25) is 0 Å². The minimum Gasteiger partial charge on any atom is -0.591 e. The van der Waals surface area contributed by atoms with Crippen molar-refractivity contribution >= 4 is 29.3 Å². The van der Waals surface area contributed by atoms with Gasteiger partial charge in [0.1, 0.15) is 21.9 Å². The fraction of sp³-hybridized carbons (Fsp3) is 0.417. The molecule has 1 aromatic rings. The number of hydrogen-bond acceptors (Lipinski definition) is 3. The Kier molecular flexibility index (Phi) is 5.04. The number of rotatable bonds is 3. The zero-order valence-electron chi connectivity index (χ0n) is 10.4. The summed E-state index contributed by atoms with van der Waals surface area (Å²) in [4.78, 5) is 0.827. The molecule has 0 fully saturated rings. The van der Waals surface area contributed by atoms with Gasteiger partial charge in [-0.1, -0.05) is 4.40 Å². The van der Waals surface area contributed by atoms with Gasteiger partial charge in [-0.3, -0.25) is 0 Å². The first kappa shape index (κ1) is 14.5. The van der Waals surface area contributed by atoms with Gasteiger partial charge in [-0.05, 0) is 45.2 Å². The topological polar surface area (TPSA) is 35.4 Å². The van der Waals surface area contributed by atoms with Gasteiger partial charge in [-0.25, -0.2) is 4.39 Å². The van der Waals surface area contributed by atoms with Gasteiger partial charge in [0, 0.05) is 10.5 Å². The summed E-state index contributed by atoms with van der Waals surface area (Å²) in [5, 5.41) is 0. The Labute approximate surface area is 109 Å². The van der Waals surface area contributed by atoms with Crippen molar-refractivity contribution in [1.29, 1.82) is 0 Å². The quantitative estimate of drug-likeness (QED) is 0.480. The first-order valence-electron chi connectivity index (χ1n) is 5.13. The molecule has 0 amide bonds. The van der Waals surface area contributed by atoms with Crippen molar-refractivity contribution in [3.8, 4) is 0 Å². The van der Waals surface area contributed by atoms with Crippen LogP contribution in [0.25, 0.3) is 0 Å². The smallest absolute Gasteiger partial charge is 0.144 e. The van der Waals surface area contributed by atoms with E-state index in [0.717, 1.165) is 4.90 Å². The molecular weight excluding hydrogens is 257 g/mol. The van der Waals surface area contributed by atoms with E-state index in [4.69, 9.17) is 0 Å². The maximum Gasteiger partial charge on any atom is 0.144 e. The summed E-state index contributed by atoms with van der Waals surface area (Å²) < 4.78 is 28.5. The summed E-state index contributed by atoms with van der Waals surface area (Å²) in [6, 6.07) is 4.66. The van der Waals surface area contributed by atoms with Gasteiger partial charge in [0.2, 0.25) is 0 Å². The zero-order valence-corrected chi connectivity index (χ0v) is 12.0. The predicted octanol–water partition coefficient (Wildman–Crippen LogP) is 3.43. The van der Waals surface area contributed by atoms with Crippen molar-refractivity contribution in [3.05, 3.63) is 29.6 Å². The summed E-state index contributed by atoms with van der Waals surface area (Å²) in [6.07, 6.45) is 3.34. The second-order valence-corrected chi connectivity index (χ2v) is 7.33. The van der Waals surface area contributed by atoms with Gasteiger partial charge in [0.15, 0.2) is 0 Å². The minimum absolute atomic E-state index is 0.306. The molecule has 17 heavy (non-hydrogen) atoms. The minimum atomic E-state index is -1.31. The number of nitrogens with zero attached hydrogens (tertiary/aromatic N) is 1. The molecule has 0 radical (unpaired) electrons. The highest BCUT2D eigenvalue weighted by Crippen LogP contribution is 2.19. The van der Waals surface area contributed by atoms with Crippen molar-refractivity contribution < 1.29 is 8.94 Å². The predicted molar refractivity (Wildman–Crippen MR) is 73.7 cm³/mol. The zero-order chi connectivity index (χ0) is 13.1. The highest BCUT2D eigenvalue weighted by molar-refractivity contribution is 7.98. The third kappa shape index (κ3) is 4.69. The van der Waals surface area contributed by atoms with Crippen molar-refractivity contribution in [1.82, 2.24) is 0 Å².